The van der Waals surface area contributed by atoms with Crippen molar-refractivity contribution in [3.63, 3.8) is 0 Å². The molecule has 26 heavy (non-hydrogen) atoms. The SMILES string of the molecule is CCCCCNC(=O)c1cc(N(C)S(=O)(=O)c2ccccc2)ccc1Cl. The van der Waals surface area contributed by atoms with E-state index in [2.05, 4.69) is 12.2 Å². The number of rotatable bonds is 8. The Morgan fingerprint density at radius 3 is 2.46 bits per heavy atom. The Bertz CT molecular complexity index is 854. The summed E-state index contributed by atoms with van der Waals surface area (Å²) in [6.07, 6.45) is 2.99. The van der Waals surface area contributed by atoms with Gasteiger partial charge in [0.1, 0.15) is 0 Å². The van der Waals surface area contributed by atoms with Crippen LogP contribution in [0.4, 0.5) is 5.69 Å². The van der Waals surface area contributed by atoms with Gasteiger partial charge in [-0.15, -0.1) is 0 Å². The molecular formula is C19H23ClN2O3S. The Kier molecular flexibility index (Phi) is 7.06. The number of hydrogen-bond donors (Lipinski definition) is 1. The second kappa shape index (κ2) is 9.05. The van der Waals surface area contributed by atoms with Crippen LogP contribution in [0.2, 0.25) is 5.02 Å². The fourth-order valence-corrected chi connectivity index (χ4v) is 3.86. The first kappa shape index (κ1) is 20.3. The summed E-state index contributed by atoms with van der Waals surface area (Å²) in [5.41, 5.74) is 0.632. The van der Waals surface area contributed by atoms with Crippen LogP contribution in [0.25, 0.3) is 0 Å². The molecule has 140 valence electrons. The van der Waals surface area contributed by atoms with Crippen LogP contribution >= 0.6 is 11.6 Å². The minimum Gasteiger partial charge on any atom is -0.352 e. The summed E-state index contributed by atoms with van der Waals surface area (Å²) in [5, 5.41) is 3.10. The van der Waals surface area contributed by atoms with Crippen molar-refractivity contribution in [1.29, 1.82) is 0 Å². The van der Waals surface area contributed by atoms with Crippen LogP contribution in [0.3, 0.4) is 0 Å². The van der Waals surface area contributed by atoms with E-state index in [0.717, 1.165) is 23.6 Å². The second-order valence-electron chi connectivity index (χ2n) is 5.91. The molecule has 5 nitrogen and oxygen atoms in total. The van der Waals surface area contributed by atoms with Crippen molar-refractivity contribution in [1.82, 2.24) is 5.32 Å². The van der Waals surface area contributed by atoms with Crippen LogP contribution in [0, 0.1) is 0 Å². The number of nitrogens with zero attached hydrogens (tertiary/aromatic N) is 1. The maximum Gasteiger partial charge on any atom is 0.264 e. The van der Waals surface area contributed by atoms with Crippen molar-refractivity contribution < 1.29 is 13.2 Å². The van der Waals surface area contributed by atoms with E-state index in [9.17, 15) is 13.2 Å². The van der Waals surface area contributed by atoms with Gasteiger partial charge in [0.25, 0.3) is 15.9 Å². The lowest BCUT2D eigenvalue weighted by atomic mass is 10.1. The highest BCUT2D eigenvalue weighted by molar-refractivity contribution is 7.92. The third-order valence-corrected chi connectivity index (χ3v) is 6.16. The van der Waals surface area contributed by atoms with Crippen LogP contribution in [0.15, 0.2) is 53.4 Å². The third kappa shape index (κ3) is 4.77. The fourth-order valence-electron chi connectivity index (χ4n) is 2.44. The van der Waals surface area contributed by atoms with Gasteiger partial charge in [-0.05, 0) is 36.8 Å². The highest BCUT2D eigenvalue weighted by atomic mass is 35.5. The molecule has 2 aromatic carbocycles. The smallest absolute Gasteiger partial charge is 0.264 e. The average Bonchev–Trinajstić information content (AvgIpc) is 2.65. The van der Waals surface area contributed by atoms with E-state index in [0.29, 0.717) is 12.2 Å². The first-order chi connectivity index (χ1) is 12.4. The monoisotopic (exact) mass is 394 g/mol. The van der Waals surface area contributed by atoms with Crippen LogP contribution in [0.1, 0.15) is 36.5 Å². The Hall–Kier alpha value is -2.05. The maximum atomic E-state index is 12.7. The minimum atomic E-state index is -3.71. The quantitative estimate of drug-likeness (QED) is 0.686. The van der Waals surface area contributed by atoms with Gasteiger partial charge in [-0.2, -0.15) is 0 Å². The normalized spacial score (nSPS) is 11.2. The summed E-state index contributed by atoms with van der Waals surface area (Å²) in [6, 6.07) is 12.8. The lowest BCUT2D eigenvalue weighted by Gasteiger charge is -2.20. The molecule has 0 atom stereocenters. The molecule has 2 aromatic rings. The van der Waals surface area contributed by atoms with Gasteiger partial charge < -0.3 is 5.32 Å². The summed E-state index contributed by atoms with van der Waals surface area (Å²) in [7, 11) is -2.26. The number of nitrogens with one attached hydrogen (secondary N) is 1. The molecule has 0 saturated carbocycles. The molecule has 0 bridgehead atoms. The number of hydrogen-bond acceptors (Lipinski definition) is 3. The van der Waals surface area contributed by atoms with Crippen LogP contribution in [0.5, 0.6) is 0 Å². The molecule has 0 aliphatic carbocycles. The zero-order valence-electron chi connectivity index (χ0n) is 14.9. The van der Waals surface area contributed by atoms with Crippen LogP contribution < -0.4 is 9.62 Å². The highest BCUT2D eigenvalue weighted by Gasteiger charge is 2.22. The standard InChI is InChI=1S/C19H23ClN2O3S/c1-3-4-8-13-21-19(23)17-14-15(11-12-18(17)20)22(2)26(24,25)16-9-6-5-7-10-16/h5-7,9-12,14H,3-4,8,13H2,1-2H3,(H,21,23). The predicted molar refractivity (Wildman–Crippen MR) is 105 cm³/mol. The van der Waals surface area contributed by atoms with Crippen molar-refractivity contribution in [3.8, 4) is 0 Å². The number of carbonyl (C=O) groups excluding carboxylic acids is 1. The number of amides is 1. The Morgan fingerprint density at radius 2 is 1.81 bits per heavy atom. The van der Waals surface area contributed by atoms with E-state index in [1.165, 1.54) is 31.3 Å². The van der Waals surface area contributed by atoms with Gasteiger partial charge in [0.15, 0.2) is 0 Å². The molecule has 0 aromatic heterocycles. The van der Waals surface area contributed by atoms with Crippen molar-refractivity contribution in [2.75, 3.05) is 17.9 Å². The fraction of sp³-hybridized carbons (Fsp3) is 0.316. The number of unbranched alkanes of at least 4 members (excludes halogenated alkanes) is 2. The molecular weight excluding hydrogens is 372 g/mol. The lowest BCUT2D eigenvalue weighted by molar-refractivity contribution is 0.0953. The number of benzene rings is 2. The zero-order valence-corrected chi connectivity index (χ0v) is 16.5. The Balaban J connectivity index is 2.24. The highest BCUT2D eigenvalue weighted by Crippen LogP contribution is 2.26. The summed E-state index contributed by atoms with van der Waals surface area (Å²) in [5.74, 6) is -0.307. The molecule has 0 fully saturated rings. The second-order valence-corrected chi connectivity index (χ2v) is 8.29. The van der Waals surface area contributed by atoms with Gasteiger partial charge >= 0.3 is 0 Å². The molecule has 0 unspecified atom stereocenters. The molecule has 0 heterocycles. The number of halogens is 1. The van der Waals surface area contributed by atoms with Crippen LogP contribution in [-0.2, 0) is 10.0 Å². The number of sulfonamides is 1. The van der Waals surface area contributed by atoms with E-state index in [-0.39, 0.29) is 21.4 Å². The van der Waals surface area contributed by atoms with E-state index in [4.69, 9.17) is 11.6 Å². The minimum absolute atomic E-state index is 0.183. The topological polar surface area (TPSA) is 66.5 Å². The lowest BCUT2D eigenvalue weighted by Crippen LogP contribution is -2.28. The van der Waals surface area contributed by atoms with Crippen molar-refractivity contribution in [3.05, 3.63) is 59.1 Å². The average molecular weight is 395 g/mol. The molecule has 1 amide bonds. The van der Waals surface area contributed by atoms with Crippen molar-refractivity contribution in [2.45, 2.75) is 31.1 Å². The summed E-state index contributed by atoms with van der Waals surface area (Å²) >= 11 is 6.14. The summed E-state index contributed by atoms with van der Waals surface area (Å²) < 4.78 is 26.6. The van der Waals surface area contributed by atoms with Gasteiger partial charge in [-0.25, -0.2) is 8.42 Å². The van der Waals surface area contributed by atoms with E-state index in [1.54, 1.807) is 24.3 Å². The molecule has 0 spiro atoms. The van der Waals surface area contributed by atoms with Gasteiger partial charge in [0, 0.05) is 13.6 Å². The summed E-state index contributed by atoms with van der Waals surface area (Å²) in [4.78, 5) is 12.5. The van der Waals surface area contributed by atoms with Crippen molar-refractivity contribution >= 4 is 33.2 Å². The molecule has 0 aliphatic heterocycles. The predicted octanol–water partition coefficient (Wildman–Crippen LogP) is 4.09. The van der Waals surface area contributed by atoms with Crippen LogP contribution in [-0.4, -0.2) is 27.9 Å². The first-order valence-corrected chi connectivity index (χ1v) is 10.3. The van der Waals surface area contributed by atoms with Gasteiger partial charge in [-0.3, -0.25) is 9.10 Å². The number of anilines is 1. The largest absolute Gasteiger partial charge is 0.352 e. The Labute approximate surface area is 160 Å². The third-order valence-electron chi connectivity index (χ3n) is 4.03. The van der Waals surface area contributed by atoms with Crippen molar-refractivity contribution in [2.24, 2.45) is 0 Å². The molecule has 7 heteroatoms. The summed E-state index contributed by atoms with van der Waals surface area (Å²) in [6.45, 7) is 2.65. The van der Waals surface area contributed by atoms with E-state index in [1.807, 2.05) is 0 Å². The number of carbonyl (C=O) groups is 1. The molecule has 0 saturated heterocycles. The molecule has 0 radical (unpaired) electrons. The van der Waals surface area contributed by atoms with Gasteiger partial charge in [0.05, 0.1) is 21.2 Å². The molecule has 1 N–H and O–H groups in total. The maximum absolute atomic E-state index is 12.7. The van der Waals surface area contributed by atoms with Gasteiger partial charge in [0.2, 0.25) is 0 Å². The molecule has 2 rings (SSSR count). The van der Waals surface area contributed by atoms with E-state index < -0.39 is 10.0 Å². The van der Waals surface area contributed by atoms with Gasteiger partial charge in [-0.1, -0.05) is 49.6 Å². The first-order valence-electron chi connectivity index (χ1n) is 8.49. The zero-order chi connectivity index (χ0) is 19.2. The molecule has 0 aliphatic rings. The Morgan fingerprint density at radius 1 is 1.12 bits per heavy atom. The van der Waals surface area contributed by atoms with E-state index >= 15 is 0 Å².